The summed E-state index contributed by atoms with van der Waals surface area (Å²) in [5, 5.41) is 12.1. The summed E-state index contributed by atoms with van der Waals surface area (Å²) in [5.74, 6) is -1.28. The van der Waals surface area contributed by atoms with Gasteiger partial charge < -0.3 is 10.4 Å². The van der Waals surface area contributed by atoms with Gasteiger partial charge in [-0.15, -0.1) is 11.3 Å². The van der Waals surface area contributed by atoms with Crippen molar-refractivity contribution in [1.82, 2.24) is 4.98 Å². The molecule has 22 heavy (non-hydrogen) atoms. The Morgan fingerprint density at radius 1 is 1.32 bits per heavy atom. The normalized spacial score (nSPS) is 11.1. The number of hydrogen-bond donors (Lipinski definition) is 3. The van der Waals surface area contributed by atoms with Gasteiger partial charge in [0, 0.05) is 12.2 Å². The van der Waals surface area contributed by atoms with E-state index in [0.29, 0.717) is 0 Å². The predicted octanol–water partition coefficient (Wildman–Crippen LogP) is 2.46. The van der Waals surface area contributed by atoms with Crippen LogP contribution in [0.1, 0.15) is 23.8 Å². The van der Waals surface area contributed by atoms with E-state index in [9.17, 15) is 13.2 Å². The summed E-state index contributed by atoms with van der Waals surface area (Å²) in [4.78, 5) is 14.6. The van der Waals surface area contributed by atoms with Gasteiger partial charge in [-0.25, -0.2) is 18.2 Å². The quantitative estimate of drug-likeness (QED) is 0.714. The topological polar surface area (TPSA) is 108 Å². The summed E-state index contributed by atoms with van der Waals surface area (Å²) in [7, 11) is -3.85. The van der Waals surface area contributed by atoms with Crippen molar-refractivity contribution in [1.29, 1.82) is 0 Å². The van der Waals surface area contributed by atoms with Crippen LogP contribution in [0.25, 0.3) is 0 Å². The molecule has 0 radical (unpaired) electrons. The molecule has 1 aromatic heterocycles. The fourth-order valence-corrected chi connectivity index (χ4v) is 3.66. The van der Waals surface area contributed by atoms with Crippen LogP contribution in [-0.2, 0) is 10.0 Å². The number of thiazole rings is 1. The molecule has 2 rings (SSSR count). The fourth-order valence-electron chi connectivity index (χ4n) is 1.67. The summed E-state index contributed by atoms with van der Waals surface area (Å²) in [6.45, 7) is 2.83. The fraction of sp³-hybridized carbons (Fsp3) is 0.231. The van der Waals surface area contributed by atoms with E-state index in [1.165, 1.54) is 17.6 Å². The lowest BCUT2D eigenvalue weighted by atomic mass is 10.3. The molecule has 1 heterocycles. The van der Waals surface area contributed by atoms with Crippen LogP contribution in [-0.4, -0.2) is 31.0 Å². The molecular weight excluding hydrogens is 326 g/mol. The molecule has 0 atom stereocenters. The maximum Gasteiger partial charge on any atom is 0.357 e. The van der Waals surface area contributed by atoms with Gasteiger partial charge >= 0.3 is 5.97 Å². The summed E-state index contributed by atoms with van der Waals surface area (Å²) < 4.78 is 26.8. The van der Waals surface area contributed by atoms with Gasteiger partial charge in [-0.1, -0.05) is 6.92 Å². The number of carbonyl (C=O) groups is 1. The number of nitrogens with zero attached hydrogens (tertiary/aromatic N) is 1. The molecule has 0 saturated carbocycles. The molecule has 0 fully saturated rings. The molecule has 9 heteroatoms. The highest BCUT2D eigenvalue weighted by molar-refractivity contribution is 7.93. The number of carboxylic acid groups (broad SMARTS) is 1. The third-order valence-electron chi connectivity index (χ3n) is 2.74. The van der Waals surface area contributed by atoms with Crippen molar-refractivity contribution in [3.8, 4) is 0 Å². The molecule has 0 unspecified atom stereocenters. The molecule has 0 bridgehead atoms. The molecule has 118 valence electrons. The van der Waals surface area contributed by atoms with E-state index in [-0.39, 0.29) is 15.6 Å². The second kappa shape index (κ2) is 6.75. The molecule has 0 amide bonds. The van der Waals surface area contributed by atoms with Crippen LogP contribution < -0.4 is 10.0 Å². The highest BCUT2D eigenvalue weighted by Gasteiger charge is 2.20. The van der Waals surface area contributed by atoms with Crippen LogP contribution in [0, 0.1) is 0 Å². The number of hydrogen-bond acceptors (Lipinski definition) is 6. The zero-order valence-electron chi connectivity index (χ0n) is 11.7. The number of sulfonamides is 1. The highest BCUT2D eigenvalue weighted by atomic mass is 32.2. The third-order valence-corrected chi connectivity index (χ3v) is 4.98. The lowest BCUT2D eigenvalue weighted by Crippen LogP contribution is -2.14. The summed E-state index contributed by atoms with van der Waals surface area (Å²) in [6, 6.07) is 6.24. The molecule has 0 aliphatic heterocycles. The zero-order chi connectivity index (χ0) is 16.2. The third kappa shape index (κ3) is 3.74. The second-order valence-electron chi connectivity index (χ2n) is 4.39. The van der Waals surface area contributed by atoms with Crippen molar-refractivity contribution in [3.63, 3.8) is 0 Å². The van der Waals surface area contributed by atoms with Gasteiger partial charge in [0.1, 0.15) is 5.00 Å². The van der Waals surface area contributed by atoms with E-state index >= 15 is 0 Å². The Bertz CT molecular complexity index is 754. The highest BCUT2D eigenvalue weighted by Crippen LogP contribution is 2.24. The zero-order valence-corrected chi connectivity index (χ0v) is 13.4. The average Bonchev–Trinajstić information content (AvgIpc) is 2.93. The van der Waals surface area contributed by atoms with Crippen LogP contribution in [0.2, 0.25) is 0 Å². The molecular formula is C13H15N3O4S2. The Labute approximate surface area is 132 Å². The minimum Gasteiger partial charge on any atom is -0.476 e. The van der Waals surface area contributed by atoms with Crippen LogP contribution in [0.5, 0.6) is 0 Å². The van der Waals surface area contributed by atoms with Crippen molar-refractivity contribution in [3.05, 3.63) is 35.5 Å². The Hall–Kier alpha value is -2.13. The number of nitrogens with one attached hydrogen (secondary N) is 2. The van der Waals surface area contributed by atoms with E-state index in [4.69, 9.17) is 5.11 Å². The molecule has 0 spiro atoms. The lowest BCUT2D eigenvalue weighted by molar-refractivity contribution is 0.0692. The molecule has 2 aromatic rings. The molecule has 0 aliphatic carbocycles. The SMILES string of the molecule is CCCNc1ccc(S(=O)(=O)Nc2scnc2C(=O)O)cc1. The molecule has 0 saturated heterocycles. The first-order valence-corrected chi connectivity index (χ1v) is 8.84. The van der Waals surface area contributed by atoms with Crippen LogP contribution >= 0.6 is 11.3 Å². The van der Waals surface area contributed by atoms with Crippen molar-refractivity contribution in [2.45, 2.75) is 18.2 Å². The van der Waals surface area contributed by atoms with Crippen molar-refractivity contribution in [2.75, 3.05) is 16.6 Å². The first kappa shape index (κ1) is 16.2. The minimum atomic E-state index is -3.85. The number of benzene rings is 1. The standard InChI is InChI=1S/C13H15N3O4S2/c1-2-7-14-9-3-5-10(6-4-9)22(19,20)16-12-11(13(17)18)15-8-21-12/h3-6,8,14,16H,2,7H2,1H3,(H,17,18). The second-order valence-corrected chi connectivity index (χ2v) is 6.93. The maximum absolute atomic E-state index is 12.3. The first-order chi connectivity index (χ1) is 10.4. The number of anilines is 2. The van der Waals surface area contributed by atoms with E-state index in [2.05, 4.69) is 15.0 Å². The Morgan fingerprint density at radius 3 is 2.59 bits per heavy atom. The van der Waals surface area contributed by atoms with E-state index < -0.39 is 16.0 Å². The molecule has 7 nitrogen and oxygen atoms in total. The van der Waals surface area contributed by atoms with Crippen LogP contribution in [0.15, 0.2) is 34.7 Å². The number of carboxylic acids is 1. The van der Waals surface area contributed by atoms with Gasteiger partial charge in [-0.05, 0) is 30.7 Å². The summed E-state index contributed by atoms with van der Waals surface area (Å²) in [6.07, 6.45) is 0.963. The Balaban J connectivity index is 2.19. The number of aromatic nitrogens is 1. The van der Waals surface area contributed by atoms with Crippen LogP contribution in [0.4, 0.5) is 10.7 Å². The largest absolute Gasteiger partial charge is 0.476 e. The van der Waals surface area contributed by atoms with E-state index in [1.807, 2.05) is 6.92 Å². The minimum absolute atomic E-state index is 0.0133. The number of aromatic carboxylic acids is 1. The smallest absolute Gasteiger partial charge is 0.357 e. The van der Waals surface area contributed by atoms with Gasteiger partial charge in [-0.2, -0.15) is 0 Å². The van der Waals surface area contributed by atoms with E-state index in [1.54, 1.807) is 12.1 Å². The average molecular weight is 341 g/mol. The van der Waals surface area contributed by atoms with Crippen molar-refractivity contribution < 1.29 is 18.3 Å². The van der Waals surface area contributed by atoms with E-state index in [0.717, 1.165) is 30.0 Å². The van der Waals surface area contributed by atoms with Gasteiger partial charge in [-0.3, -0.25) is 4.72 Å². The predicted molar refractivity (Wildman–Crippen MR) is 85.1 cm³/mol. The molecule has 1 aromatic carbocycles. The molecule has 3 N–H and O–H groups in total. The first-order valence-electron chi connectivity index (χ1n) is 6.47. The monoisotopic (exact) mass is 341 g/mol. The van der Waals surface area contributed by atoms with Gasteiger partial charge in [0.05, 0.1) is 10.4 Å². The van der Waals surface area contributed by atoms with Gasteiger partial charge in [0.25, 0.3) is 10.0 Å². The number of rotatable bonds is 7. The van der Waals surface area contributed by atoms with Crippen LogP contribution in [0.3, 0.4) is 0 Å². The summed E-state index contributed by atoms with van der Waals surface area (Å²) >= 11 is 0.919. The van der Waals surface area contributed by atoms with Crippen molar-refractivity contribution >= 4 is 38.0 Å². The lowest BCUT2D eigenvalue weighted by Gasteiger charge is -2.08. The Morgan fingerprint density at radius 2 is 2.00 bits per heavy atom. The Kier molecular flexibility index (Phi) is 4.99. The van der Waals surface area contributed by atoms with Crippen molar-refractivity contribution in [2.24, 2.45) is 0 Å². The van der Waals surface area contributed by atoms with Gasteiger partial charge in [0.2, 0.25) is 0 Å². The maximum atomic E-state index is 12.3. The molecule has 0 aliphatic rings. The van der Waals surface area contributed by atoms with Gasteiger partial charge in [0.15, 0.2) is 5.69 Å². The summed E-state index contributed by atoms with van der Waals surface area (Å²) in [5.41, 5.74) is 1.79.